The summed E-state index contributed by atoms with van der Waals surface area (Å²) in [5.74, 6) is -0.486. The van der Waals surface area contributed by atoms with Gasteiger partial charge in [0.2, 0.25) is 0 Å². The van der Waals surface area contributed by atoms with Gasteiger partial charge in [0, 0.05) is 17.7 Å². The molecule has 0 aliphatic rings. The monoisotopic (exact) mass is 371 g/mol. The van der Waals surface area contributed by atoms with Gasteiger partial charge in [-0.3, -0.25) is 4.79 Å². The second-order valence-corrected chi connectivity index (χ2v) is 4.96. The molecule has 1 amide bonds. The largest absolute Gasteiger partial charge is 0.345 e. The molecule has 0 atom stereocenters. The standard InChI is InChI=1S/C9H8BrFINO/c1-13(2)9(14)5-3-6(10)7(11)4-8(5)12/h3-4H,1-2H3. The van der Waals surface area contributed by atoms with Crippen LogP contribution in [0.1, 0.15) is 10.4 Å². The first kappa shape index (κ1) is 11.9. The number of benzene rings is 1. The molecule has 0 spiro atoms. The summed E-state index contributed by atoms with van der Waals surface area (Å²) in [4.78, 5) is 13.1. The number of hydrogen-bond donors (Lipinski definition) is 0. The maximum atomic E-state index is 13.0. The molecule has 1 aromatic rings. The van der Waals surface area contributed by atoms with Gasteiger partial charge in [0.15, 0.2) is 0 Å². The first-order valence-corrected chi connectivity index (χ1v) is 5.67. The predicted octanol–water partition coefficient (Wildman–Crippen LogP) is 2.89. The molecule has 0 unspecified atom stereocenters. The van der Waals surface area contributed by atoms with Crippen molar-refractivity contribution in [2.24, 2.45) is 0 Å². The zero-order chi connectivity index (χ0) is 10.9. The Balaban J connectivity index is 3.22. The van der Waals surface area contributed by atoms with Crippen LogP contribution in [0.5, 0.6) is 0 Å². The number of rotatable bonds is 1. The second-order valence-electron chi connectivity index (χ2n) is 2.95. The SMILES string of the molecule is CN(C)C(=O)c1cc(Br)c(F)cc1I. The molecule has 0 saturated carbocycles. The summed E-state index contributed by atoms with van der Waals surface area (Å²) in [7, 11) is 3.32. The maximum Gasteiger partial charge on any atom is 0.254 e. The first-order valence-electron chi connectivity index (χ1n) is 3.79. The topological polar surface area (TPSA) is 20.3 Å². The Kier molecular flexibility index (Phi) is 3.88. The van der Waals surface area contributed by atoms with Crippen LogP contribution in [0.25, 0.3) is 0 Å². The van der Waals surface area contributed by atoms with Crippen LogP contribution in [0.15, 0.2) is 16.6 Å². The van der Waals surface area contributed by atoms with Gasteiger partial charge in [0.1, 0.15) is 5.82 Å². The predicted molar refractivity (Wildman–Crippen MR) is 64.8 cm³/mol. The summed E-state index contributed by atoms with van der Waals surface area (Å²) in [5, 5.41) is 0. The highest BCUT2D eigenvalue weighted by Crippen LogP contribution is 2.22. The average molecular weight is 372 g/mol. The fourth-order valence-electron chi connectivity index (χ4n) is 0.927. The van der Waals surface area contributed by atoms with Gasteiger partial charge in [-0.2, -0.15) is 0 Å². The molecule has 0 saturated heterocycles. The van der Waals surface area contributed by atoms with E-state index in [1.54, 1.807) is 14.1 Å². The summed E-state index contributed by atoms with van der Waals surface area (Å²) in [6.45, 7) is 0. The van der Waals surface area contributed by atoms with Gasteiger partial charge in [0.25, 0.3) is 5.91 Å². The molecule has 1 aromatic carbocycles. The molecular weight excluding hydrogens is 364 g/mol. The Hall–Kier alpha value is -0.170. The van der Waals surface area contributed by atoms with Crippen molar-refractivity contribution in [2.75, 3.05) is 14.1 Å². The molecule has 2 nitrogen and oxygen atoms in total. The molecule has 0 aliphatic carbocycles. The van der Waals surface area contributed by atoms with Crippen LogP contribution in [0.2, 0.25) is 0 Å². The average Bonchev–Trinajstić information content (AvgIpc) is 2.10. The minimum absolute atomic E-state index is 0.130. The third-order valence-corrected chi connectivity index (χ3v) is 3.15. The van der Waals surface area contributed by atoms with E-state index < -0.39 is 0 Å². The highest BCUT2D eigenvalue weighted by Gasteiger charge is 2.14. The summed E-state index contributed by atoms with van der Waals surface area (Å²) < 4.78 is 14.0. The minimum Gasteiger partial charge on any atom is -0.345 e. The third kappa shape index (κ3) is 2.44. The van der Waals surface area contributed by atoms with Crippen LogP contribution in [0, 0.1) is 9.39 Å². The number of hydrogen-bond acceptors (Lipinski definition) is 1. The van der Waals surface area contributed by atoms with Crippen LogP contribution in [0.3, 0.4) is 0 Å². The van der Waals surface area contributed by atoms with E-state index in [1.807, 2.05) is 22.6 Å². The highest BCUT2D eigenvalue weighted by molar-refractivity contribution is 14.1. The van der Waals surface area contributed by atoms with Crippen LogP contribution < -0.4 is 0 Å². The molecule has 0 aromatic heterocycles. The fraction of sp³-hybridized carbons (Fsp3) is 0.222. The number of carbonyl (C=O) groups excluding carboxylic acids is 1. The molecule has 0 fully saturated rings. The molecule has 0 radical (unpaired) electrons. The molecule has 0 bridgehead atoms. The normalized spacial score (nSPS) is 10.1. The second kappa shape index (κ2) is 4.57. The zero-order valence-corrected chi connectivity index (χ0v) is 11.4. The minimum atomic E-state index is -0.357. The van der Waals surface area contributed by atoms with Gasteiger partial charge in [-0.25, -0.2) is 4.39 Å². The van der Waals surface area contributed by atoms with Crippen LogP contribution in [-0.2, 0) is 0 Å². The van der Waals surface area contributed by atoms with Crippen molar-refractivity contribution < 1.29 is 9.18 Å². The Bertz CT molecular complexity index is 381. The summed E-state index contributed by atoms with van der Waals surface area (Å²) in [6, 6.07) is 2.83. The number of amides is 1. The van der Waals surface area contributed by atoms with Crippen molar-refractivity contribution in [2.45, 2.75) is 0 Å². The lowest BCUT2D eigenvalue weighted by Gasteiger charge is -2.12. The lowest BCUT2D eigenvalue weighted by Crippen LogP contribution is -2.22. The molecule has 0 heterocycles. The van der Waals surface area contributed by atoms with Crippen LogP contribution in [0.4, 0.5) is 4.39 Å². The Morgan fingerprint density at radius 2 is 2.07 bits per heavy atom. The summed E-state index contributed by atoms with van der Waals surface area (Å²) in [6.07, 6.45) is 0. The van der Waals surface area contributed by atoms with Crippen molar-refractivity contribution >= 4 is 44.4 Å². The Labute approximate surface area is 104 Å². The van der Waals surface area contributed by atoms with E-state index in [-0.39, 0.29) is 11.7 Å². The van der Waals surface area contributed by atoms with E-state index in [4.69, 9.17) is 0 Å². The maximum absolute atomic E-state index is 13.0. The van der Waals surface area contributed by atoms with E-state index in [0.717, 1.165) is 0 Å². The fourth-order valence-corrected chi connectivity index (χ4v) is 1.93. The summed E-state index contributed by atoms with van der Waals surface area (Å²) in [5.41, 5.74) is 0.504. The molecule has 0 aliphatic heterocycles. The van der Waals surface area contributed by atoms with Gasteiger partial charge in [0.05, 0.1) is 10.0 Å². The van der Waals surface area contributed by atoms with Crippen molar-refractivity contribution in [3.05, 3.63) is 31.6 Å². The molecule has 5 heteroatoms. The molecule has 1 rings (SSSR count). The highest BCUT2D eigenvalue weighted by atomic mass is 127. The van der Waals surface area contributed by atoms with Gasteiger partial charge >= 0.3 is 0 Å². The zero-order valence-electron chi connectivity index (χ0n) is 7.64. The molecule has 76 valence electrons. The quantitative estimate of drug-likeness (QED) is 0.549. The molecular formula is C9H8BrFINO. The molecule has 0 N–H and O–H groups in total. The smallest absolute Gasteiger partial charge is 0.254 e. The van der Waals surface area contributed by atoms with E-state index in [9.17, 15) is 9.18 Å². The van der Waals surface area contributed by atoms with E-state index in [0.29, 0.717) is 13.6 Å². The first-order chi connectivity index (χ1) is 6.43. The van der Waals surface area contributed by atoms with Crippen LogP contribution in [-0.4, -0.2) is 24.9 Å². The van der Waals surface area contributed by atoms with Gasteiger partial charge in [-0.15, -0.1) is 0 Å². The van der Waals surface area contributed by atoms with E-state index in [2.05, 4.69) is 15.9 Å². The van der Waals surface area contributed by atoms with E-state index in [1.165, 1.54) is 17.0 Å². The van der Waals surface area contributed by atoms with Gasteiger partial charge in [-0.1, -0.05) is 0 Å². The van der Waals surface area contributed by atoms with E-state index >= 15 is 0 Å². The van der Waals surface area contributed by atoms with Crippen molar-refractivity contribution in [3.63, 3.8) is 0 Å². The number of nitrogens with zero attached hydrogens (tertiary/aromatic N) is 1. The van der Waals surface area contributed by atoms with Crippen molar-refractivity contribution in [1.29, 1.82) is 0 Å². The van der Waals surface area contributed by atoms with Crippen molar-refractivity contribution in [1.82, 2.24) is 4.90 Å². The Morgan fingerprint density at radius 3 is 2.57 bits per heavy atom. The third-order valence-electron chi connectivity index (χ3n) is 1.65. The van der Waals surface area contributed by atoms with Crippen LogP contribution >= 0.6 is 38.5 Å². The lowest BCUT2D eigenvalue weighted by molar-refractivity contribution is 0.0826. The number of carbonyl (C=O) groups is 1. The van der Waals surface area contributed by atoms with Gasteiger partial charge < -0.3 is 4.90 Å². The lowest BCUT2D eigenvalue weighted by atomic mass is 10.2. The number of halogens is 3. The summed E-state index contributed by atoms with van der Waals surface area (Å²) >= 11 is 4.99. The molecule has 14 heavy (non-hydrogen) atoms. The Morgan fingerprint density at radius 1 is 1.50 bits per heavy atom. The van der Waals surface area contributed by atoms with Gasteiger partial charge in [-0.05, 0) is 50.7 Å². The van der Waals surface area contributed by atoms with Crippen molar-refractivity contribution in [3.8, 4) is 0 Å².